The Kier molecular flexibility index (Phi) is 12.8. The van der Waals surface area contributed by atoms with Crippen LogP contribution in [-0.2, 0) is 29.8 Å². The van der Waals surface area contributed by atoms with Crippen molar-refractivity contribution in [3.05, 3.63) is 70.3 Å². The van der Waals surface area contributed by atoms with Gasteiger partial charge in [0.2, 0.25) is 0 Å². The van der Waals surface area contributed by atoms with Crippen LogP contribution in [0.25, 0.3) is 0 Å². The minimum absolute atomic E-state index is 0.0460. The quantitative estimate of drug-likeness (QED) is 0.0844. The lowest BCUT2D eigenvalue weighted by molar-refractivity contribution is -0.384. The largest absolute Gasteiger partial charge is 0.480 e. The number of rotatable bonds is 18. The average Bonchev–Trinajstić information content (AvgIpc) is 2.87. The number of unbranched alkanes of at least 4 members (excludes halogenated alkanes) is 5. The molecule has 0 fully saturated rings. The average molecular weight is 537 g/mol. The Morgan fingerprint density at radius 3 is 2.30 bits per heavy atom. The third-order valence-corrected chi connectivity index (χ3v) is 6.83. The second-order valence-corrected chi connectivity index (χ2v) is 10.0. The van der Waals surface area contributed by atoms with Gasteiger partial charge in [-0.05, 0) is 30.5 Å². The van der Waals surface area contributed by atoms with E-state index in [2.05, 4.69) is 12.0 Å². The van der Waals surface area contributed by atoms with Crippen molar-refractivity contribution in [1.82, 2.24) is 5.09 Å². The van der Waals surface area contributed by atoms with E-state index in [0.717, 1.165) is 44.2 Å². The van der Waals surface area contributed by atoms with Crippen molar-refractivity contribution >= 4 is 25.4 Å². The molecular weight excluding hydrogens is 503 g/mol. The molecule has 0 aliphatic carbocycles. The van der Waals surface area contributed by atoms with Gasteiger partial charge in [-0.25, -0.2) is 9.36 Å². The molecule has 0 radical (unpaired) electrons. The molecule has 0 bridgehead atoms. The topological polar surface area (TPSA) is 154 Å². The minimum Gasteiger partial charge on any atom is -0.480 e. The summed E-state index contributed by atoms with van der Waals surface area (Å²) in [6, 6.07) is 11.9. The zero-order chi connectivity index (χ0) is 27.1. The van der Waals surface area contributed by atoms with E-state index in [1.54, 1.807) is 30.3 Å². The maximum atomic E-state index is 13.5. The first-order valence-corrected chi connectivity index (χ1v) is 13.7. The molecule has 2 N–H and O–H groups in total. The zero-order valence-corrected chi connectivity index (χ0v) is 21.6. The molecule has 37 heavy (non-hydrogen) atoms. The molecular formula is C25H33N2O9P. The fourth-order valence-electron chi connectivity index (χ4n) is 3.33. The predicted octanol–water partition coefficient (Wildman–Crippen LogP) is 5.29. The Morgan fingerprint density at radius 2 is 1.68 bits per heavy atom. The second kappa shape index (κ2) is 15.8. The van der Waals surface area contributed by atoms with Crippen LogP contribution in [0.3, 0.4) is 0 Å². The summed E-state index contributed by atoms with van der Waals surface area (Å²) in [5.74, 6) is -2.17. The highest BCUT2D eigenvalue weighted by molar-refractivity contribution is 7.52. The van der Waals surface area contributed by atoms with E-state index in [1.807, 2.05) is 0 Å². The van der Waals surface area contributed by atoms with E-state index in [-0.39, 0.29) is 24.5 Å². The molecule has 12 heteroatoms. The predicted molar refractivity (Wildman–Crippen MR) is 136 cm³/mol. The van der Waals surface area contributed by atoms with Gasteiger partial charge in [-0.1, -0.05) is 69.4 Å². The van der Waals surface area contributed by atoms with Gasteiger partial charge in [-0.3, -0.25) is 19.4 Å². The standard InChI is InChI=1S/C25H33N2O9P/c1-2-3-4-5-6-10-17-34-24(28)19-35-37(33,36-22-15-13-21(14-16-22)27(31)32)26-23(25(29)30)18-20-11-8-7-9-12-20/h7-9,11-16,23H,2-6,10,17-19H2,1H3,(H,26,33)(H,29,30)/t23-,37?/m0/s1. The number of carbonyl (C=O) groups is 2. The molecule has 0 spiro atoms. The number of non-ortho nitro benzene ring substituents is 1. The van der Waals surface area contributed by atoms with Crippen LogP contribution < -0.4 is 9.61 Å². The van der Waals surface area contributed by atoms with E-state index in [4.69, 9.17) is 13.8 Å². The number of benzene rings is 2. The van der Waals surface area contributed by atoms with Gasteiger partial charge >= 0.3 is 19.7 Å². The van der Waals surface area contributed by atoms with Gasteiger partial charge in [0.05, 0.1) is 11.5 Å². The summed E-state index contributed by atoms with van der Waals surface area (Å²) in [6.07, 6.45) is 6.01. The third-order valence-electron chi connectivity index (χ3n) is 5.28. The number of nitrogens with zero attached hydrogens (tertiary/aromatic N) is 1. The fraction of sp³-hybridized carbons (Fsp3) is 0.440. The Hall–Kier alpha value is -3.27. The maximum Gasteiger partial charge on any atom is 0.460 e. The number of esters is 1. The number of nitrogens with one attached hydrogen (secondary N) is 1. The van der Waals surface area contributed by atoms with Crippen molar-refractivity contribution < 1.29 is 38.0 Å². The molecule has 11 nitrogen and oxygen atoms in total. The molecule has 1 unspecified atom stereocenters. The van der Waals surface area contributed by atoms with Gasteiger partial charge in [0.15, 0.2) is 6.61 Å². The minimum atomic E-state index is -4.44. The van der Waals surface area contributed by atoms with Crippen molar-refractivity contribution in [1.29, 1.82) is 0 Å². The van der Waals surface area contributed by atoms with Crippen molar-refractivity contribution in [3.8, 4) is 5.75 Å². The van der Waals surface area contributed by atoms with Crippen LogP contribution in [0.1, 0.15) is 51.0 Å². The normalized spacial score (nSPS) is 13.3. The van der Waals surface area contributed by atoms with Crippen LogP contribution in [0.15, 0.2) is 54.6 Å². The molecule has 0 saturated carbocycles. The molecule has 202 valence electrons. The van der Waals surface area contributed by atoms with Gasteiger partial charge < -0.3 is 14.4 Å². The third kappa shape index (κ3) is 11.6. The smallest absolute Gasteiger partial charge is 0.460 e. The Morgan fingerprint density at radius 1 is 1.03 bits per heavy atom. The molecule has 0 aliphatic rings. The summed E-state index contributed by atoms with van der Waals surface area (Å²) in [5.41, 5.74) is 0.435. The Bertz CT molecular complexity index is 1050. The number of carbonyl (C=O) groups excluding carboxylic acids is 1. The van der Waals surface area contributed by atoms with Crippen LogP contribution in [0.2, 0.25) is 0 Å². The number of hydrogen-bond donors (Lipinski definition) is 2. The first-order valence-electron chi connectivity index (χ1n) is 12.1. The maximum absolute atomic E-state index is 13.5. The SMILES string of the molecule is CCCCCCCCOC(=O)COP(=O)(N[C@@H](Cc1ccccc1)C(=O)O)Oc1ccc([N+](=O)[O-])cc1. The van der Waals surface area contributed by atoms with Crippen LogP contribution in [0.4, 0.5) is 5.69 Å². The van der Waals surface area contributed by atoms with Crippen LogP contribution in [-0.4, -0.2) is 41.2 Å². The summed E-state index contributed by atoms with van der Waals surface area (Å²) in [7, 11) is -4.44. The lowest BCUT2D eigenvalue weighted by Crippen LogP contribution is -2.38. The zero-order valence-electron chi connectivity index (χ0n) is 20.7. The first kappa shape index (κ1) is 30.0. The number of nitro groups is 1. The summed E-state index contributed by atoms with van der Waals surface area (Å²) in [6.45, 7) is 1.56. The number of carboxylic acid groups (broad SMARTS) is 1. The molecule has 2 aromatic carbocycles. The lowest BCUT2D eigenvalue weighted by Gasteiger charge is -2.23. The summed E-state index contributed by atoms with van der Waals surface area (Å²) in [5, 5.41) is 23.0. The van der Waals surface area contributed by atoms with E-state index >= 15 is 0 Å². The lowest BCUT2D eigenvalue weighted by atomic mass is 10.1. The van der Waals surface area contributed by atoms with E-state index in [1.165, 1.54) is 12.1 Å². The molecule has 0 saturated heterocycles. The molecule has 0 aliphatic heterocycles. The van der Waals surface area contributed by atoms with E-state index < -0.39 is 37.3 Å². The number of ether oxygens (including phenoxy) is 1. The van der Waals surface area contributed by atoms with Gasteiger partial charge in [-0.15, -0.1) is 0 Å². The van der Waals surface area contributed by atoms with E-state index in [9.17, 15) is 29.4 Å². The summed E-state index contributed by atoms with van der Waals surface area (Å²) < 4.78 is 29.3. The van der Waals surface area contributed by atoms with Gasteiger partial charge in [0.1, 0.15) is 11.8 Å². The Balaban J connectivity index is 2.05. The highest BCUT2D eigenvalue weighted by atomic mass is 31.2. The van der Waals surface area contributed by atoms with Crippen LogP contribution >= 0.6 is 7.75 Å². The Labute approximate surface area is 215 Å². The van der Waals surface area contributed by atoms with Gasteiger partial charge in [0.25, 0.3) is 5.69 Å². The monoisotopic (exact) mass is 536 g/mol. The number of aliphatic carboxylic acids is 1. The van der Waals surface area contributed by atoms with Crippen molar-refractivity contribution in [3.63, 3.8) is 0 Å². The van der Waals surface area contributed by atoms with Crippen LogP contribution in [0.5, 0.6) is 5.75 Å². The van der Waals surface area contributed by atoms with Crippen molar-refractivity contribution in [2.45, 2.75) is 57.9 Å². The van der Waals surface area contributed by atoms with E-state index in [0.29, 0.717) is 12.0 Å². The summed E-state index contributed by atoms with van der Waals surface area (Å²) in [4.78, 5) is 34.3. The van der Waals surface area contributed by atoms with Gasteiger partial charge in [-0.2, -0.15) is 5.09 Å². The summed E-state index contributed by atoms with van der Waals surface area (Å²) >= 11 is 0. The highest BCUT2D eigenvalue weighted by Gasteiger charge is 2.35. The van der Waals surface area contributed by atoms with Crippen molar-refractivity contribution in [2.24, 2.45) is 0 Å². The van der Waals surface area contributed by atoms with Crippen LogP contribution in [0, 0.1) is 10.1 Å². The first-order chi connectivity index (χ1) is 17.7. The molecule has 2 atom stereocenters. The number of nitro benzene ring substituents is 1. The highest BCUT2D eigenvalue weighted by Crippen LogP contribution is 2.45. The number of hydrogen-bond acceptors (Lipinski definition) is 8. The molecule has 2 aromatic rings. The molecule has 2 rings (SSSR count). The molecule has 0 heterocycles. The molecule has 0 aromatic heterocycles. The molecule has 0 amide bonds. The second-order valence-electron chi connectivity index (χ2n) is 8.31. The van der Waals surface area contributed by atoms with Gasteiger partial charge in [0, 0.05) is 12.1 Å². The van der Waals surface area contributed by atoms with Crippen molar-refractivity contribution in [2.75, 3.05) is 13.2 Å². The fourth-order valence-corrected chi connectivity index (χ4v) is 4.77. The number of carboxylic acids is 1.